The molecule has 0 spiro atoms. The number of anilines is 1. The van der Waals surface area contributed by atoms with Gasteiger partial charge in [0.2, 0.25) is 0 Å². The Kier molecular flexibility index (Phi) is 8.95. The van der Waals surface area contributed by atoms with Gasteiger partial charge in [0.05, 0.1) is 18.8 Å². The van der Waals surface area contributed by atoms with E-state index in [9.17, 15) is 9.59 Å². The molecule has 1 aromatic carbocycles. The molecule has 0 amide bonds. The van der Waals surface area contributed by atoms with Crippen molar-refractivity contribution in [2.45, 2.75) is 26.2 Å². The molecule has 0 aromatic heterocycles. The van der Waals surface area contributed by atoms with Gasteiger partial charge in [0.15, 0.2) is 0 Å². The molecular formula is C21H30N2O6. The zero-order chi connectivity index (χ0) is 21.2. The number of aliphatic carboxylic acids is 2. The van der Waals surface area contributed by atoms with Crippen molar-refractivity contribution in [3.63, 3.8) is 0 Å². The Morgan fingerprint density at radius 1 is 1.24 bits per heavy atom. The minimum Gasteiger partial charge on any atom is -0.490 e. The van der Waals surface area contributed by atoms with Crippen molar-refractivity contribution in [3.05, 3.63) is 34.9 Å². The van der Waals surface area contributed by atoms with E-state index in [4.69, 9.17) is 19.7 Å². The maximum absolute atomic E-state index is 9.55. The van der Waals surface area contributed by atoms with Gasteiger partial charge >= 0.3 is 11.9 Å². The van der Waals surface area contributed by atoms with Crippen molar-refractivity contribution in [2.75, 3.05) is 51.4 Å². The lowest BCUT2D eigenvalue weighted by molar-refractivity contribution is -0.134. The quantitative estimate of drug-likeness (QED) is 0.610. The highest BCUT2D eigenvalue weighted by molar-refractivity contribution is 5.89. The van der Waals surface area contributed by atoms with Crippen LogP contribution in [0.5, 0.6) is 5.75 Å². The fourth-order valence-electron chi connectivity index (χ4n) is 3.68. The summed E-state index contributed by atoms with van der Waals surface area (Å²) in [4.78, 5) is 21.6. The van der Waals surface area contributed by atoms with E-state index in [2.05, 4.69) is 23.2 Å². The Morgan fingerprint density at radius 3 is 2.55 bits per heavy atom. The Morgan fingerprint density at radius 2 is 1.93 bits per heavy atom. The standard InChI is InChI=1S/C17H26N2O2.C4H4O4/c1-3-14-15-5-7-18-6-4-13(15)12-16-17(14)19(8-10-20-2)9-11-21-16;5-3(6)1-2-4(7)8/h12,18H,3-11H2,1-2H3;1-2H,(H,5,6)(H,7,8)/b;2-1+. The van der Waals surface area contributed by atoms with Gasteiger partial charge in [0.25, 0.3) is 0 Å². The lowest BCUT2D eigenvalue weighted by atomic mass is 9.92. The second kappa shape index (κ2) is 11.4. The van der Waals surface area contributed by atoms with Crippen LogP contribution in [0.1, 0.15) is 23.6 Å². The van der Waals surface area contributed by atoms with Gasteiger partial charge in [-0.05, 0) is 55.1 Å². The van der Waals surface area contributed by atoms with Crippen molar-refractivity contribution < 1.29 is 29.3 Å². The summed E-state index contributed by atoms with van der Waals surface area (Å²) >= 11 is 0. The van der Waals surface area contributed by atoms with E-state index in [1.807, 2.05) is 0 Å². The van der Waals surface area contributed by atoms with Crippen LogP contribution in [0, 0.1) is 0 Å². The van der Waals surface area contributed by atoms with Crippen LogP contribution >= 0.6 is 0 Å². The fourth-order valence-corrected chi connectivity index (χ4v) is 3.68. The summed E-state index contributed by atoms with van der Waals surface area (Å²) in [5.74, 6) is -1.44. The van der Waals surface area contributed by atoms with Gasteiger partial charge in [0.1, 0.15) is 12.4 Å². The molecular weight excluding hydrogens is 376 g/mol. The first-order valence-electron chi connectivity index (χ1n) is 9.86. The normalized spacial score (nSPS) is 15.4. The highest BCUT2D eigenvalue weighted by Crippen LogP contribution is 2.40. The zero-order valence-electron chi connectivity index (χ0n) is 17.1. The van der Waals surface area contributed by atoms with E-state index in [0.29, 0.717) is 12.2 Å². The van der Waals surface area contributed by atoms with Gasteiger partial charge in [-0.25, -0.2) is 9.59 Å². The second-order valence-corrected chi connectivity index (χ2v) is 6.78. The molecule has 29 heavy (non-hydrogen) atoms. The third-order valence-corrected chi connectivity index (χ3v) is 4.92. The van der Waals surface area contributed by atoms with E-state index in [1.54, 1.807) is 12.7 Å². The topological polar surface area (TPSA) is 108 Å². The number of hydrogen-bond donors (Lipinski definition) is 3. The molecule has 1 aromatic rings. The molecule has 0 aliphatic carbocycles. The lowest BCUT2D eigenvalue weighted by Crippen LogP contribution is -2.36. The van der Waals surface area contributed by atoms with Gasteiger partial charge in [-0.3, -0.25) is 0 Å². The molecule has 8 heteroatoms. The van der Waals surface area contributed by atoms with Crippen LogP contribution in [-0.4, -0.2) is 68.7 Å². The molecule has 0 fully saturated rings. The van der Waals surface area contributed by atoms with Crippen LogP contribution in [0.15, 0.2) is 18.2 Å². The third kappa shape index (κ3) is 6.47. The van der Waals surface area contributed by atoms with E-state index in [1.165, 1.54) is 16.8 Å². The average Bonchev–Trinajstić information content (AvgIpc) is 2.94. The molecule has 0 bridgehead atoms. The lowest BCUT2D eigenvalue weighted by Gasteiger charge is -2.34. The van der Waals surface area contributed by atoms with Crippen LogP contribution in [0.2, 0.25) is 0 Å². The summed E-state index contributed by atoms with van der Waals surface area (Å²) in [6.07, 6.45) is 4.42. The van der Waals surface area contributed by atoms with Gasteiger partial charge in [-0.15, -0.1) is 0 Å². The SMILES string of the molecule is CCc1c2c(cc3c1N(CCOC)CCO3)CCNCC2.O=C(O)/C=C/C(=O)O. The van der Waals surface area contributed by atoms with Crippen LogP contribution in [0.3, 0.4) is 0 Å². The zero-order valence-corrected chi connectivity index (χ0v) is 17.1. The molecule has 160 valence electrons. The monoisotopic (exact) mass is 406 g/mol. The predicted octanol–water partition coefficient (Wildman–Crippen LogP) is 1.49. The summed E-state index contributed by atoms with van der Waals surface area (Å²) in [7, 11) is 1.77. The maximum Gasteiger partial charge on any atom is 0.328 e. The van der Waals surface area contributed by atoms with Gasteiger partial charge < -0.3 is 29.9 Å². The van der Waals surface area contributed by atoms with Gasteiger partial charge in [-0.1, -0.05) is 6.92 Å². The highest BCUT2D eigenvalue weighted by atomic mass is 16.5. The highest BCUT2D eigenvalue weighted by Gasteiger charge is 2.25. The summed E-state index contributed by atoms with van der Waals surface area (Å²) in [5.41, 5.74) is 5.84. The number of benzene rings is 1. The Labute approximate surface area is 171 Å². The van der Waals surface area contributed by atoms with Crippen molar-refractivity contribution >= 4 is 17.6 Å². The summed E-state index contributed by atoms with van der Waals surface area (Å²) < 4.78 is 11.3. The number of rotatable bonds is 6. The molecule has 3 N–H and O–H groups in total. The molecule has 8 nitrogen and oxygen atoms in total. The van der Waals surface area contributed by atoms with Crippen molar-refractivity contribution in [3.8, 4) is 5.75 Å². The number of carboxylic acid groups (broad SMARTS) is 2. The number of fused-ring (bicyclic) bond motifs is 2. The molecule has 3 rings (SSSR count). The van der Waals surface area contributed by atoms with Gasteiger partial charge in [-0.2, -0.15) is 0 Å². The number of nitrogens with zero attached hydrogens (tertiary/aromatic N) is 1. The van der Waals surface area contributed by atoms with Crippen molar-refractivity contribution in [1.29, 1.82) is 0 Å². The Bertz CT molecular complexity index is 731. The Balaban J connectivity index is 0.000000321. The molecule has 0 radical (unpaired) electrons. The fraction of sp³-hybridized carbons (Fsp3) is 0.524. The number of ether oxygens (including phenoxy) is 2. The van der Waals surface area contributed by atoms with E-state index in [0.717, 1.165) is 64.4 Å². The minimum absolute atomic E-state index is 0.558. The molecule has 0 saturated heterocycles. The largest absolute Gasteiger partial charge is 0.490 e. The molecule has 0 atom stereocenters. The van der Waals surface area contributed by atoms with Crippen molar-refractivity contribution in [2.24, 2.45) is 0 Å². The first kappa shape index (κ1) is 22.7. The van der Waals surface area contributed by atoms with E-state index < -0.39 is 11.9 Å². The molecule has 0 saturated carbocycles. The van der Waals surface area contributed by atoms with Crippen LogP contribution in [0.4, 0.5) is 5.69 Å². The number of carbonyl (C=O) groups is 2. The average molecular weight is 406 g/mol. The van der Waals surface area contributed by atoms with E-state index >= 15 is 0 Å². The molecule has 2 aliphatic heterocycles. The number of nitrogens with one attached hydrogen (secondary N) is 1. The smallest absolute Gasteiger partial charge is 0.328 e. The Hall–Kier alpha value is -2.58. The first-order chi connectivity index (χ1) is 14.0. The number of methoxy groups -OCH3 is 1. The summed E-state index contributed by atoms with van der Waals surface area (Å²) in [6.45, 7) is 7.85. The van der Waals surface area contributed by atoms with Crippen molar-refractivity contribution in [1.82, 2.24) is 5.32 Å². The van der Waals surface area contributed by atoms with Crippen LogP contribution in [0.25, 0.3) is 0 Å². The third-order valence-electron chi connectivity index (χ3n) is 4.92. The maximum atomic E-state index is 9.55. The van der Waals surface area contributed by atoms with E-state index in [-0.39, 0.29) is 0 Å². The van der Waals surface area contributed by atoms with Crippen LogP contribution in [-0.2, 0) is 33.6 Å². The summed E-state index contributed by atoms with van der Waals surface area (Å²) in [5, 5.41) is 19.1. The predicted molar refractivity (Wildman–Crippen MR) is 110 cm³/mol. The first-order valence-corrected chi connectivity index (χ1v) is 9.86. The number of hydrogen-bond acceptors (Lipinski definition) is 6. The molecule has 2 aliphatic rings. The minimum atomic E-state index is -1.26. The van der Waals surface area contributed by atoms with Crippen LogP contribution < -0.4 is 15.0 Å². The molecule has 0 unspecified atom stereocenters. The number of carboxylic acids is 2. The van der Waals surface area contributed by atoms with Gasteiger partial charge in [0, 0.05) is 25.8 Å². The molecule has 2 heterocycles. The second-order valence-electron chi connectivity index (χ2n) is 6.78. The summed E-state index contributed by atoms with van der Waals surface area (Å²) in [6, 6.07) is 2.29.